The summed E-state index contributed by atoms with van der Waals surface area (Å²) in [6, 6.07) is 8.02. The van der Waals surface area contributed by atoms with Gasteiger partial charge in [0.2, 0.25) is 0 Å². The number of aromatic nitrogens is 1. The third kappa shape index (κ3) is 2.53. The quantitative estimate of drug-likeness (QED) is 0.793. The van der Waals surface area contributed by atoms with Gasteiger partial charge in [0.05, 0.1) is 6.26 Å². The van der Waals surface area contributed by atoms with E-state index in [4.69, 9.17) is 4.42 Å². The summed E-state index contributed by atoms with van der Waals surface area (Å²) < 4.78 is 5.42. The Morgan fingerprint density at radius 3 is 2.94 bits per heavy atom. The summed E-state index contributed by atoms with van der Waals surface area (Å²) in [5, 5.41) is 0. The summed E-state index contributed by atoms with van der Waals surface area (Å²) >= 11 is 3.69. The Labute approximate surface area is 104 Å². The molecule has 0 radical (unpaired) electrons. The van der Waals surface area contributed by atoms with Crippen LogP contribution in [0.2, 0.25) is 0 Å². The van der Waals surface area contributed by atoms with E-state index in [2.05, 4.69) is 27.8 Å². The molecule has 0 aliphatic heterocycles. The lowest BCUT2D eigenvalue weighted by atomic mass is 10.1. The van der Waals surface area contributed by atoms with Gasteiger partial charge in [0.25, 0.3) is 0 Å². The molecule has 16 heavy (non-hydrogen) atoms. The van der Waals surface area contributed by atoms with E-state index < -0.39 is 0 Å². The summed E-state index contributed by atoms with van der Waals surface area (Å²) in [5.41, 5.74) is 2.32. The van der Waals surface area contributed by atoms with Crippen LogP contribution < -0.4 is 0 Å². The van der Waals surface area contributed by atoms with E-state index in [1.54, 1.807) is 6.26 Å². The highest BCUT2D eigenvalue weighted by Crippen LogP contribution is 2.30. The molecule has 0 N–H and O–H groups in total. The number of aryl methyl sites for hydroxylation is 1. The zero-order valence-corrected chi connectivity index (χ0v) is 10.8. The predicted molar refractivity (Wildman–Crippen MR) is 67.7 cm³/mol. The summed E-state index contributed by atoms with van der Waals surface area (Å²) in [4.78, 5) is 4.60. The van der Waals surface area contributed by atoms with Crippen molar-refractivity contribution in [3.63, 3.8) is 0 Å². The van der Waals surface area contributed by atoms with Crippen molar-refractivity contribution in [2.75, 3.05) is 0 Å². The van der Waals surface area contributed by atoms with Crippen molar-refractivity contribution in [3.8, 4) is 0 Å². The van der Waals surface area contributed by atoms with Crippen molar-refractivity contribution in [1.82, 2.24) is 4.98 Å². The molecule has 0 aromatic carbocycles. The molecule has 0 aliphatic rings. The monoisotopic (exact) mass is 279 g/mol. The molecule has 2 heterocycles. The van der Waals surface area contributed by atoms with Crippen LogP contribution in [0.1, 0.15) is 28.8 Å². The minimum Gasteiger partial charge on any atom is -0.469 e. The lowest BCUT2D eigenvalue weighted by Crippen LogP contribution is -1.98. The van der Waals surface area contributed by atoms with E-state index in [0.717, 1.165) is 24.3 Å². The fourth-order valence-electron chi connectivity index (χ4n) is 1.73. The molecule has 84 valence electrons. The van der Waals surface area contributed by atoms with Gasteiger partial charge in [-0.2, -0.15) is 0 Å². The van der Waals surface area contributed by atoms with Gasteiger partial charge in [0, 0.05) is 35.1 Å². The molecule has 1 unspecified atom stereocenters. The van der Waals surface area contributed by atoms with Gasteiger partial charge in [-0.3, -0.25) is 4.98 Å². The van der Waals surface area contributed by atoms with Gasteiger partial charge < -0.3 is 4.42 Å². The van der Waals surface area contributed by atoms with Crippen molar-refractivity contribution in [2.45, 2.75) is 24.6 Å². The molecule has 0 saturated heterocycles. The maximum Gasteiger partial charge on any atom is 0.107 e. The number of pyridine rings is 1. The van der Waals surface area contributed by atoms with Crippen LogP contribution in [-0.4, -0.2) is 4.98 Å². The number of alkyl halides is 1. The Morgan fingerprint density at radius 1 is 1.38 bits per heavy atom. The normalized spacial score (nSPS) is 12.6. The Bertz CT molecular complexity index is 438. The van der Waals surface area contributed by atoms with E-state index in [9.17, 15) is 0 Å². The lowest BCUT2D eigenvalue weighted by Gasteiger charge is -2.08. The molecular weight excluding hydrogens is 266 g/mol. The average molecular weight is 280 g/mol. The SMILES string of the molecule is CCc1occc1C(Br)Cc1ccccn1. The second-order valence-electron chi connectivity index (χ2n) is 3.65. The second-order valence-corrected chi connectivity index (χ2v) is 4.75. The highest BCUT2D eigenvalue weighted by molar-refractivity contribution is 9.09. The smallest absolute Gasteiger partial charge is 0.107 e. The lowest BCUT2D eigenvalue weighted by molar-refractivity contribution is 0.511. The second kappa shape index (κ2) is 5.30. The highest BCUT2D eigenvalue weighted by Gasteiger charge is 2.14. The molecule has 0 spiro atoms. The number of hydrogen-bond donors (Lipinski definition) is 0. The maximum atomic E-state index is 5.42. The van der Waals surface area contributed by atoms with Crippen LogP contribution in [0.5, 0.6) is 0 Å². The van der Waals surface area contributed by atoms with Gasteiger partial charge in [0.1, 0.15) is 5.76 Å². The number of halogens is 1. The highest BCUT2D eigenvalue weighted by atomic mass is 79.9. The van der Waals surface area contributed by atoms with Crippen molar-refractivity contribution in [2.24, 2.45) is 0 Å². The molecule has 0 amide bonds. The molecule has 3 heteroatoms. The zero-order valence-electron chi connectivity index (χ0n) is 9.19. The van der Waals surface area contributed by atoms with Gasteiger partial charge in [-0.1, -0.05) is 28.9 Å². The van der Waals surface area contributed by atoms with Crippen molar-refractivity contribution < 1.29 is 4.42 Å². The van der Waals surface area contributed by atoms with Crippen molar-refractivity contribution in [1.29, 1.82) is 0 Å². The fourth-order valence-corrected chi connectivity index (χ4v) is 2.47. The summed E-state index contributed by atoms with van der Waals surface area (Å²) in [6.07, 6.45) is 5.38. The van der Waals surface area contributed by atoms with Gasteiger partial charge in [0.15, 0.2) is 0 Å². The molecule has 2 aromatic heterocycles. The van der Waals surface area contributed by atoms with Crippen molar-refractivity contribution in [3.05, 3.63) is 53.7 Å². The molecule has 0 fully saturated rings. The maximum absolute atomic E-state index is 5.42. The summed E-state index contributed by atoms with van der Waals surface area (Å²) in [7, 11) is 0. The molecule has 2 aromatic rings. The number of nitrogens with zero attached hydrogens (tertiary/aromatic N) is 1. The first kappa shape index (κ1) is 11.4. The van der Waals surface area contributed by atoms with Crippen LogP contribution in [0.3, 0.4) is 0 Å². The molecule has 1 atom stereocenters. The summed E-state index contributed by atoms with van der Waals surface area (Å²) in [6.45, 7) is 2.10. The molecule has 0 saturated carbocycles. The number of hydrogen-bond acceptors (Lipinski definition) is 2. The van der Waals surface area contributed by atoms with Gasteiger partial charge in [-0.15, -0.1) is 0 Å². The third-order valence-corrected chi connectivity index (χ3v) is 3.37. The van der Waals surface area contributed by atoms with E-state index in [1.807, 2.05) is 30.5 Å². The molecule has 0 bridgehead atoms. The molecule has 2 rings (SSSR count). The standard InChI is InChI=1S/C13H14BrNO/c1-2-13-11(6-8-16-13)12(14)9-10-5-3-4-7-15-10/h3-8,12H,2,9H2,1H3. The van der Waals surface area contributed by atoms with Crippen LogP contribution >= 0.6 is 15.9 Å². The van der Waals surface area contributed by atoms with E-state index in [1.165, 1.54) is 5.56 Å². The largest absolute Gasteiger partial charge is 0.469 e. The van der Waals surface area contributed by atoms with Crippen LogP contribution in [-0.2, 0) is 12.8 Å². The first-order valence-corrected chi connectivity index (χ1v) is 6.33. The Balaban J connectivity index is 2.11. The van der Waals surface area contributed by atoms with Gasteiger partial charge in [-0.05, 0) is 18.2 Å². The predicted octanol–water partition coefficient (Wildman–Crippen LogP) is 3.92. The third-order valence-electron chi connectivity index (χ3n) is 2.55. The summed E-state index contributed by atoms with van der Waals surface area (Å²) in [5.74, 6) is 1.05. The van der Waals surface area contributed by atoms with Crippen LogP contribution in [0.25, 0.3) is 0 Å². The molecule has 0 aliphatic carbocycles. The van der Waals surface area contributed by atoms with E-state index >= 15 is 0 Å². The van der Waals surface area contributed by atoms with E-state index in [0.29, 0.717) is 0 Å². The van der Waals surface area contributed by atoms with Crippen LogP contribution in [0, 0.1) is 0 Å². The number of furan rings is 1. The van der Waals surface area contributed by atoms with E-state index in [-0.39, 0.29) is 4.83 Å². The van der Waals surface area contributed by atoms with Crippen LogP contribution in [0.15, 0.2) is 41.1 Å². The van der Waals surface area contributed by atoms with Gasteiger partial charge >= 0.3 is 0 Å². The average Bonchev–Trinajstić information content (AvgIpc) is 2.78. The first-order chi connectivity index (χ1) is 7.81. The zero-order chi connectivity index (χ0) is 11.4. The number of rotatable bonds is 4. The Kier molecular flexibility index (Phi) is 3.78. The minimum absolute atomic E-state index is 0.274. The first-order valence-electron chi connectivity index (χ1n) is 5.41. The molecule has 2 nitrogen and oxygen atoms in total. The molecular formula is C13H14BrNO. The topological polar surface area (TPSA) is 26.0 Å². The minimum atomic E-state index is 0.274. The van der Waals surface area contributed by atoms with Crippen LogP contribution in [0.4, 0.5) is 0 Å². The van der Waals surface area contributed by atoms with Gasteiger partial charge in [-0.25, -0.2) is 0 Å². The Morgan fingerprint density at radius 2 is 2.25 bits per heavy atom. The fraction of sp³-hybridized carbons (Fsp3) is 0.308. The van der Waals surface area contributed by atoms with Crippen molar-refractivity contribution >= 4 is 15.9 Å². The Hall–Kier alpha value is -1.09.